The van der Waals surface area contributed by atoms with Gasteiger partial charge in [-0.2, -0.15) is 0 Å². The second-order valence-electron chi connectivity index (χ2n) is 3.86. The average molecular weight is 222 g/mol. The zero-order valence-electron chi connectivity index (χ0n) is 9.97. The maximum absolute atomic E-state index is 11.7. The fraction of sp³-hybridized carbons (Fsp3) is 0.417. The number of rotatable bonds is 3. The van der Waals surface area contributed by atoms with E-state index in [1.54, 1.807) is 36.0 Å². The molecule has 0 unspecified atom stereocenters. The fourth-order valence-electron chi connectivity index (χ4n) is 1.42. The van der Waals surface area contributed by atoms with E-state index in [1.807, 2.05) is 19.1 Å². The first-order chi connectivity index (χ1) is 7.54. The van der Waals surface area contributed by atoms with Crippen molar-refractivity contribution in [2.24, 2.45) is 0 Å². The molecule has 16 heavy (non-hydrogen) atoms. The Kier molecular flexibility index (Phi) is 4.17. The molecule has 0 atom stereocenters. The number of phenols is 1. The van der Waals surface area contributed by atoms with Gasteiger partial charge >= 0.3 is 6.03 Å². The number of benzene rings is 1. The van der Waals surface area contributed by atoms with Crippen LogP contribution in [0.2, 0.25) is 0 Å². The number of aromatic hydroxyl groups is 1. The van der Waals surface area contributed by atoms with Gasteiger partial charge in [-0.05, 0) is 24.6 Å². The number of phenolic OH excluding ortho intramolecular Hbond substituents is 1. The van der Waals surface area contributed by atoms with Crippen molar-refractivity contribution in [1.29, 1.82) is 0 Å². The lowest BCUT2D eigenvalue weighted by Crippen LogP contribution is -2.38. The number of urea groups is 1. The lowest BCUT2D eigenvalue weighted by molar-refractivity contribution is 0.171. The van der Waals surface area contributed by atoms with E-state index in [2.05, 4.69) is 0 Å². The smallest absolute Gasteiger partial charge is 0.319 e. The molecule has 4 heteroatoms. The summed E-state index contributed by atoms with van der Waals surface area (Å²) in [5.41, 5.74) is 1.01. The molecule has 88 valence electrons. The third kappa shape index (κ3) is 3.15. The van der Waals surface area contributed by atoms with Gasteiger partial charge in [-0.25, -0.2) is 4.79 Å². The molecular formula is C12H18N2O2. The third-order valence-electron chi connectivity index (χ3n) is 2.34. The van der Waals surface area contributed by atoms with Crippen LogP contribution in [-0.2, 0) is 6.54 Å². The summed E-state index contributed by atoms with van der Waals surface area (Å²) in [5, 5.41) is 9.16. The normalized spacial score (nSPS) is 9.94. The molecule has 0 heterocycles. The topological polar surface area (TPSA) is 43.8 Å². The highest BCUT2D eigenvalue weighted by molar-refractivity contribution is 5.73. The maximum atomic E-state index is 11.7. The number of nitrogens with zero attached hydrogens (tertiary/aromatic N) is 2. The van der Waals surface area contributed by atoms with Crippen molar-refractivity contribution in [2.75, 3.05) is 20.6 Å². The molecule has 0 fully saturated rings. The van der Waals surface area contributed by atoms with Crippen molar-refractivity contribution in [1.82, 2.24) is 9.80 Å². The molecule has 0 saturated carbocycles. The van der Waals surface area contributed by atoms with Crippen LogP contribution in [0.15, 0.2) is 24.3 Å². The summed E-state index contributed by atoms with van der Waals surface area (Å²) in [6.07, 6.45) is 0. The number of hydrogen-bond donors (Lipinski definition) is 1. The number of amides is 2. The third-order valence-corrected chi connectivity index (χ3v) is 2.34. The number of carbonyl (C=O) groups excluding carboxylic acids is 1. The molecule has 1 rings (SSSR count). The SMILES string of the molecule is CCN(Cc1ccc(O)cc1)C(=O)N(C)C. The minimum atomic E-state index is -0.00410. The summed E-state index contributed by atoms with van der Waals surface area (Å²) in [6.45, 7) is 3.17. The Balaban J connectivity index is 2.70. The molecule has 1 N–H and O–H groups in total. The number of carbonyl (C=O) groups is 1. The van der Waals surface area contributed by atoms with Gasteiger partial charge in [-0.3, -0.25) is 0 Å². The van der Waals surface area contributed by atoms with Gasteiger partial charge in [0, 0.05) is 27.2 Å². The van der Waals surface area contributed by atoms with Crippen LogP contribution < -0.4 is 0 Å². The average Bonchev–Trinajstić information content (AvgIpc) is 2.27. The summed E-state index contributed by atoms with van der Waals surface area (Å²) in [4.78, 5) is 15.0. The highest BCUT2D eigenvalue weighted by atomic mass is 16.3. The first kappa shape index (κ1) is 12.4. The molecule has 0 aliphatic carbocycles. The second kappa shape index (κ2) is 5.39. The van der Waals surface area contributed by atoms with Gasteiger partial charge in [0.25, 0.3) is 0 Å². The molecule has 0 aromatic heterocycles. The van der Waals surface area contributed by atoms with E-state index in [0.29, 0.717) is 13.1 Å². The van der Waals surface area contributed by atoms with E-state index in [0.717, 1.165) is 5.56 Å². The van der Waals surface area contributed by atoms with Gasteiger partial charge in [0.2, 0.25) is 0 Å². The first-order valence-corrected chi connectivity index (χ1v) is 5.28. The Morgan fingerprint density at radius 2 is 1.81 bits per heavy atom. The Labute approximate surface area is 96.1 Å². The van der Waals surface area contributed by atoms with Gasteiger partial charge in [0.05, 0.1) is 0 Å². The van der Waals surface area contributed by atoms with E-state index < -0.39 is 0 Å². The van der Waals surface area contributed by atoms with Gasteiger partial charge in [0.15, 0.2) is 0 Å². The minimum Gasteiger partial charge on any atom is -0.508 e. The van der Waals surface area contributed by atoms with Crippen molar-refractivity contribution in [3.05, 3.63) is 29.8 Å². The van der Waals surface area contributed by atoms with Crippen molar-refractivity contribution in [2.45, 2.75) is 13.5 Å². The van der Waals surface area contributed by atoms with Crippen LogP contribution in [0.5, 0.6) is 5.75 Å². The first-order valence-electron chi connectivity index (χ1n) is 5.28. The van der Waals surface area contributed by atoms with E-state index in [9.17, 15) is 4.79 Å². The number of hydrogen-bond acceptors (Lipinski definition) is 2. The molecule has 0 spiro atoms. The minimum absolute atomic E-state index is 0.00410. The second-order valence-corrected chi connectivity index (χ2v) is 3.86. The molecule has 4 nitrogen and oxygen atoms in total. The van der Waals surface area contributed by atoms with Crippen molar-refractivity contribution >= 4 is 6.03 Å². The zero-order chi connectivity index (χ0) is 12.1. The predicted octanol–water partition coefficient (Wildman–Crippen LogP) is 1.90. The molecule has 2 amide bonds. The summed E-state index contributed by atoms with van der Waals surface area (Å²) in [5.74, 6) is 0.241. The van der Waals surface area contributed by atoms with Gasteiger partial charge < -0.3 is 14.9 Å². The van der Waals surface area contributed by atoms with Crippen molar-refractivity contribution in [3.8, 4) is 5.75 Å². The Hall–Kier alpha value is -1.71. The van der Waals surface area contributed by atoms with Gasteiger partial charge in [0.1, 0.15) is 5.75 Å². The van der Waals surface area contributed by atoms with Gasteiger partial charge in [-0.15, -0.1) is 0 Å². The van der Waals surface area contributed by atoms with Crippen LogP contribution in [0.1, 0.15) is 12.5 Å². The molecule has 0 aliphatic rings. The molecule has 1 aromatic rings. The summed E-state index contributed by atoms with van der Waals surface area (Å²) in [7, 11) is 3.48. The van der Waals surface area contributed by atoms with E-state index in [-0.39, 0.29) is 11.8 Å². The molecule has 0 aliphatic heterocycles. The highest BCUT2D eigenvalue weighted by Crippen LogP contribution is 2.12. The van der Waals surface area contributed by atoms with Crippen LogP contribution in [-0.4, -0.2) is 41.6 Å². The molecule has 0 saturated heterocycles. The Morgan fingerprint density at radius 3 is 2.25 bits per heavy atom. The molecule has 0 radical (unpaired) electrons. The lowest BCUT2D eigenvalue weighted by Gasteiger charge is -2.24. The van der Waals surface area contributed by atoms with Crippen LogP contribution in [0.3, 0.4) is 0 Å². The van der Waals surface area contributed by atoms with E-state index >= 15 is 0 Å². The maximum Gasteiger partial charge on any atom is 0.319 e. The fourth-order valence-corrected chi connectivity index (χ4v) is 1.42. The monoisotopic (exact) mass is 222 g/mol. The van der Waals surface area contributed by atoms with Crippen LogP contribution in [0.25, 0.3) is 0 Å². The van der Waals surface area contributed by atoms with Crippen LogP contribution >= 0.6 is 0 Å². The summed E-state index contributed by atoms with van der Waals surface area (Å²) < 4.78 is 0. The van der Waals surface area contributed by atoms with Crippen LogP contribution in [0, 0.1) is 0 Å². The largest absolute Gasteiger partial charge is 0.508 e. The van der Waals surface area contributed by atoms with Crippen LogP contribution in [0.4, 0.5) is 4.79 Å². The van der Waals surface area contributed by atoms with E-state index in [1.165, 1.54) is 0 Å². The zero-order valence-corrected chi connectivity index (χ0v) is 9.97. The highest BCUT2D eigenvalue weighted by Gasteiger charge is 2.13. The van der Waals surface area contributed by atoms with E-state index in [4.69, 9.17) is 5.11 Å². The molecular weight excluding hydrogens is 204 g/mol. The predicted molar refractivity (Wildman–Crippen MR) is 63.3 cm³/mol. The molecule has 1 aromatic carbocycles. The Morgan fingerprint density at radius 1 is 1.25 bits per heavy atom. The van der Waals surface area contributed by atoms with Crippen molar-refractivity contribution in [3.63, 3.8) is 0 Å². The summed E-state index contributed by atoms with van der Waals surface area (Å²) in [6, 6.07) is 6.89. The van der Waals surface area contributed by atoms with Crippen molar-refractivity contribution < 1.29 is 9.90 Å². The summed E-state index contributed by atoms with van der Waals surface area (Å²) >= 11 is 0. The standard InChI is InChI=1S/C12H18N2O2/c1-4-14(12(16)13(2)3)9-10-5-7-11(15)8-6-10/h5-8,15H,4,9H2,1-3H3. The van der Waals surface area contributed by atoms with Gasteiger partial charge in [-0.1, -0.05) is 12.1 Å². The molecule has 0 bridgehead atoms. The Bertz CT molecular complexity index is 347. The quantitative estimate of drug-likeness (QED) is 0.848. The lowest BCUT2D eigenvalue weighted by atomic mass is 10.2.